The minimum Gasteiger partial charge on any atom is -0.480 e. The quantitative estimate of drug-likeness (QED) is 0.726. The van der Waals surface area contributed by atoms with E-state index in [4.69, 9.17) is 10.8 Å². The van der Waals surface area contributed by atoms with Gasteiger partial charge in [-0.05, 0) is 29.1 Å². The maximum Gasteiger partial charge on any atom is 0.323 e. The summed E-state index contributed by atoms with van der Waals surface area (Å²) in [7, 11) is 1.92. The largest absolute Gasteiger partial charge is 0.480 e. The lowest BCUT2D eigenvalue weighted by molar-refractivity contribution is -0.141. The molecule has 1 aromatic heterocycles. The van der Waals surface area contributed by atoms with Crippen molar-refractivity contribution in [2.75, 3.05) is 0 Å². The maximum atomic E-state index is 10.7. The summed E-state index contributed by atoms with van der Waals surface area (Å²) in [5.74, 6) is -1.22. The average Bonchev–Trinajstić information content (AvgIpc) is 2.68. The van der Waals surface area contributed by atoms with Crippen molar-refractivity contribution in [3.63, 3.8) is 0 Å². The minimum absolute atomic E-state index is 0.513. The van der Waals surface area contributed by atoms with Crippen LogP contribution in [0.25, 0.3) is 10.9 Å². The van der Waals surface area contributed by atoms with Crippen LogP contribution in [0.1, 0.15) is 11.7 Å². The van der Waals surface area contributed by atoms with E-state index in [1.54, 1.807) is 12.1 Å². The van der Waals surface area contributed by atoms with Crippen LogP contribution in [0.4, 0.5) is 0 Å². The van der Waals surface area contributed by atoms with Crippen LogP contribution in [-0.4, -0.2) is 26.8 Å². The molecular weight excluding hydrogens is 220 g/mol. The fourth-order valence-electron chi connectivity index (χ4n) is 1.83. The summed E-state index contributed by atoms with van der Waals surface area (Å²) in [4.78, 5) is 10.7. The molecule has 4 N–H and O–H groups in total. The first-order valence-electron chi connectivity index (χ1n) is 5.22. The zero-order chi connectivity index (χ0) is 12.6. The molecule has 2 aromatic rings. The number of fused-ring (bicyclic) bond motifs is 1. The van der Waals surface area contributed by atoms with Crippen molar-refractivity contribution < 1.29 is 15.0 Å². The van der Waals surface area contributed by atoms with Gasteiger partial charge in [-0.3, -0.25) is 4.79 Å². The van der Waals surface area contributed by atoms with Gasteiger partial charge in [0.2, 0.25) is 0 Å². The standard InChI is InChI=1S/C12H14N2O3/c1-14-5-4-7-6-8(2-3-9(7)14)11(15)10(13)12(16)17/h2-6,10-11,15H,13H2,1H3,(H,16,17). The number of aryl methyl sites for hydroxylation is 1. The van der Waals surface area contributed by atoms with Gasteiger partial charge in [-0.2, -0.15) is 0 Å². The third-order valence-electron chi connectivity index (χ3n) is 2.88. The highest BCUT2D eigenvalue weighted by atomic mass is 16.4. The summed E-state index contributed by atoms with van der Waals surface area (Å²) in [5, 5.41) is 19.5. The zero-order valence-corrected chi connectivity index (χ0v) is 9.37. The predicted molar refractivity (Wildman–Crippen MR) is 63.5 cm³/mol. The number of carbonyl (C=O) groups is 1. The fourth-order valence-corrected chi connectivity index (χ4v) is 1.83. The average molecular weight is 234 g/mol. The molecule has 90 valence electrons. The SMILES string of the molecule is Cn1ccc2cc(C(O)C(N)C(=O)O)ccc21. The van der Waals surface area contributed by atoms with Gasteiger partial charge < -0.3 is 20.5 Å². The van der Waals surface area contributed by atoms with Gasteiger partial charge in [0.25, 0.3) is 0 Å². The van der Waals surface area contributed by atoms with Crippen molar-refractivity contribution in [3.05, 3.63) is 36.0 Å². The molecule has 2 unspecified atom stereocenters. The number of carboxylic acid groups (broad SMARTS) is 1. The van der Waals surface area contributed by atoms with Gasteiger partial charge in [-0.1, -0.05) is 6.07 Å². The van der Waals surface area contributed by atoms with E-state index in [1.165, 1.54) is 0 Å². The van der Waals surface area contributed by atoms with E-state index in [0.717, 1.165) is 10.9 Å². The van der Waals surface area contributed by atoms with Gasteiger partial charge in [0.05, 0.1) is 0 Å². The van der Waals surface area contributed by atoms with Crippen molar-refractivity contribution in [2.24, 2.45) is 12.8 Å². The van der Waals surface area contributed by atoms with E-state index in [1.807, 2.05) is 29.9 Å². The Morgan fingerprint density at radius 3 is 2.76 bits per heavy atom. The first-order chi connectivity index (χ1) is 8.00. The molecule has 0 saturated heterocycles. The molecular formula is C12H14N2O3. The predicted octanol–water partition coefficient (Wildman–Crippen LogP) is 0.624. The highest BCUT2D eigenvalue weighted by molar-refractivity contribution is 5.81. The second-order valence-electron chi connectivity index (χ2n) is 4.05. The van der Waals surface area contributed by atoms with Gasteiger partial charge >= 0.3 is 5.97 Å². The third-order valence-corrected chi connectivity index (χ3v) is 2.88. The second-order valence-corrected chi connectivity index (χ2v) is 4.05. The smallest absolute Gasteiger partial charge is 0.323 e. The number of nitrogens with zero attached hydrogens (tertiary/aromatic N) is 1. The Bertz CT molecular complexity index is 562. The number of hydrogen-bond acceptors (Lipinski definition) is 3. The van der Waals surface area contributed by atoms with Gasteiger partial charge in [0, 0.05) is 18.8 Å². The monoisotopic (exact) mass is 234 g/mol. The van der Waals surface area contributed by atoms with Crippen LogP contribution in [0.3, 0.4) is 0 Å². The Kier molecular flexibility index (Phi) is 2.87. The number of aliphatic hydroxyl groups is 1. The Labute approximate surface area is 98.1 Å². The van der Waals surface area contributed by atoms with Gasteiger partial charge in [0.15, 0.2) is 0 Å². The number of aliphatic hydroxyl groups excluding tert-OH is 1. The van der Waals surface area contributed by atoms with Crippen LogP contribution >= 0.6 is 0 Å². The molecule has 0 fully saturated rings. The normalized spacial score (nSPS) is 14.8. The summed E-state index contributed by atoms with van der Waals surface area (Å²) >= 11 is 0. The Hall–Kier alpha value is -1.85. The van der Waals surface area contributed by atoms with E-state index in [-0.39, 0.29) is 0 Å². The molecule has 0 bridgehead atoms. The number of aromatic nitrogens is 1. The molecule has 1 aromatic carbocycles. The number of benzene rings is 1. The molecule has 0 amide bonds. The highest BCUT2D eigenvalue weighted by Crippen LogP contribution is 2.22. The molecule has 2 atom stereocenters. The highest BCUT2D eigenvalue weighted by Gasteiger charge is 2.23. The lowest BCUT2D eigenvalue weighted by Gasteiger charge is -2.15. The van der Waals surface area contributed by atoms with Crippen molar-refractivity contribution >= 4 is 16.9 Å². The van der Waals surface area contributed by atoms with E-state index < -0.39 is 18.1 Å². The molecule has 0 aliphatic rings. The number of aliphatic carboxylic acids is 1. The van der Waals surface area contributed by atoms with Crippen molar-refractivity contribution in [1.29, 1.82) is 0 Å². The summed E-state index contributed by atoms with van der Waals surface area (Å²) in [5.41, 5.74) is 6.92. The molecule has 5 nitrogen and oxygen atoms in total. The molecule has 0 saturated carbocycles. The van der Waals surface area contributed by atoms with Gasteiger partial charge in [-0.15, -0.1) is 0 Å². The Morgan fingerprint density at radius 1 is 1.41 bits per heavy atom. The lowest BCUT2D eigenvalue weighted by atomic mass is 10.0. The number of nitrogens with two attached hydrogens (primary N) is 1. The molecule has 17 heavy (non-hydrogen) atoms. The summed E-state index contributed by atoms with van der Waals surface area (Å²) in [6, 6.07) is 5.87. The fraction of sp³-hybridized carbons (Fsp3) is 0.250. The van der Waals surface area contributed by atoms with Crippen LogP contribution in [-0.2, 0) is 11.8 Å². The van der Waals surface area contributed by atoms with Crippen LogP contribution < -0.4 is 5.73 Å². The lowest BCUT2D eigenvalue weighted by Crippen LogP contribution is -2.36. The second kappa shape index (κ2) is 4.20. The zero-order valence-electron chi connectivity index (χ0n) is 9.37. The molecule has 5 heteroatoms. The number of carboxylic acids is 1. The molecule has 2 rings (SSSR count). The van der Waals surface area contributed by atoms with Crippen LogP contribution in [0.2, 0.25) is 0 Å². The van der Waals surface area contributed by atoms with E-state index in [0.29, 0.717) is 5.56 Å². The van der Waals surface area contributed by atoms with E-state index in [2.05, 4.69) is 0 Å². The molecule has 1 heterocycles. The first kappa shape index (κ1) is 11.6. The molecule has 0 spiro atoms. The van der Waals surface area contributed by atoms with E-state index >= 15 is 0 Å². The summed E-state index contributed by atoms with van der Waals surface area (Å²) in [6.45, 7) is 0. The number of hydrogen-bond donors (Lipinski definition) is 3. The third kappa shape index (κ3) is 2.02. The summed E-state index contributed by atoms with van der Waals surface area (Å²) < 4.78 is 1.95. The van der Waals surface area contributed by atoms with Crippen LogP contribution in [0.5, 0.6) is 0 Å². The Morgan fingerprint density at radius 2 is 2.12 bits per heavy atom. The van der Waals surface area contributed by atoms with Crippen molar-refractivity contribution in [1.82, 2.24) is 4.57 Å². The first-order valence-corrected chi connectivity index (χ1v) is 5.22. The molecule has 0 radical (unpaired) electrons. The van der Waals surface area contributed by atoms with Crippen molar-refractivity contribution in [2.45, 2.75) is 12.1 Å². The molecule has 0 aliphatic carbocycles. The van der Waals surface area contributed by atoms with Crippen molar-refractivity contribution in [3.8, 4) is 0 Å². The van der Waals surface area contributed by atoms with Crippen LogP contribution in [0.15, 0.2) is 30.5 Å². The van der Waals surface area contributed by atoms with Crippen LogP contribution in [0, 0.1) is 0 Å². The molecule has 0 aliphatic heterocycles. The topological polar surface area (TPSA) is 88.5 Å². The van der Waals surface area contributed by atoms with Gasteiger partial charge in [-0.25, -0.2) is 0 Å². The maximum absolute atomic E-state index is 10.7. The minimum atomic E-state index is -1.31. The summed E-state index contributed by atoms with van der Waals surface area (Å²) in [6.07, 6.45) is 0.704. The van der Waals surface area contributed by atoms with Gasteiger partial charge in [0.1, 0.15) is 12.1 Å². The number of rotatable bonds is 3. The Balaban J connectivity index is 2.39. The van der Waals surface area contributed by atoms with E-state index in [9.17, 15) is 9.90 Å².